The molecule has 0 saturated heterocycles. The molecule has 1 aromatic carbocycles. The first-order valence-corrected chi connectivity index (χ1v) is 7.89. The molecular weight excluding hydrogens is 363 g/mol. The summed E-state index contributed by atoms with van der Waals surface area (Å²) >= 11 is 5.70. The number of amidine groups is 1. The normalized spacial score (nSPS) is 10.7. The van der Waals surface area contributed by atoms with Crippen LogP contribution in [0.1, 0.15) is 17.1 Å². The second kappa shape index (κ2) is 8.00. The number of aromatic nitrogens is 3. The van der Waals surface area contributed by atoms with Gasteiger partial charge in [0.05, 0.1) is 16.4 Å². The molecule has 0 aliphatic carbocycles. The van der Waals surface area contributed by atoms with E-state index in [2.05, 4.69) is 25.2 Å². The lowest BCUT2D eigenvalue weighted by Gasteiger charge is -2.16. The Morgan fingerprint density at radius 1 is 1.27 bits per heavy atom. The summed E-state index contributed by atoms with van der Waals surface area (Å²) in [7, 11) is 0. The molecule has 0 atom stereocenters. The van der Waals surface area contributed by atoms with E-state index in [4.69, 9.17) is 17.0 Å². The summed E-state index contributed by atoms with van der Waals surface area (Å²) in [5.41, 5.74) is 1.32. The van der Waals surface area contributed by atoms with E-state index in [1.807, 2.05) is 18.2 Å². The van der Waals surface area contributed by atoms with Gasteiger partial charge in [-0.3, -0.25) is 15.6 Å². The van der Waals surface area contributed by atoms with Gasteiger partial charge in [0.15, 0.2) is 11.5 Å². The zero-order valence-electron chi connectivity index (χ0n) is 13.4. The van der Waals surface area contributed by atoms with Crippen molar-refractivity contribution < 1.29 is 14.2 Å². The van der Waals surface area contributed by atoms with E-state index >= 15 is 0 Å². The van der Waals surface area contributed by atoms with Crippen LogP contribution in [-0.4, -0.2) is 26.3 Å². The van der Waals surface area contributed by atoms with Crippen LogP contribution in [0.2, 0.25) is 5.02 Å². The number of rotatable bonds is 6. The van der Waals surface area contributed by atoms with E-state index in [-0.39, 0.29) is 28.8 Å². The summed E-state index contributed by atoms with van der Waals surface area (Å²) in [5, 5.41) is 29.1. The van der Waals surface area contributed by atoms with Crippen molar-refractivity contribution in [2.75, 3.05) is 5.06 Å². The van der Waals surface area contributed by atoms with Crippen LogP contribution in [0.15, 0.2) is 47.2 Å². The first kappa shape index (κ1) is 17.9. The van der Waals surface area contributed by atoms with Crippen molar-refractivity contribution >= 4 is 23.1 Å². The number of hydroxylamine groups is 1. The SMILES string of the molecule is N=C(c1nonc1CNCc1ccccn1)N(O)c1ccc(F)c(Cl)c1. The van der Waals surface area contributed by atoms with Crippen molar-refractivity contribution in [2.24, 2.45) is 0 Å². The molecule has 0 amide bonds. The standard InChI is InChI=1S/C16H14ClFN6O2/c17-12-7-11(4-5-13(12)18)24(25)16(19)15-14(22-26-23-15)9-20-8-10-3-1-2-6-21-10/h1-7,19-20,25H,8-9H2. The lowest BCUT2D eigenvalue weighted by Crippen LogP contribution is -2.29. The average Bonchev–Trinajstić information content (AvgIpc) is 3.12. The smallest absolute Gasteiger partial charge is 0.182 e. The van der Waals surface area contributed by atoms with Crippen LogP contribution < -0.4 is 10.4 Å². The average molecular weight is 377 g/mol. The highest BCUT2D eigenvalue weighted by Crippen LogP contribution is 2.23. The maximum absolute atomic E-state index is 13.2. The molecule has 26 heavy (non-hydrogen) atoms. The van der Waals surface area contributed by atoms with E-state index in [0.29, 0.717) is 17.3 Å². The molecule has 3 N–H and O–H groups in total. The minimum atomic E-state index is -0.627. The third-order valence-corrected chi connectivity index (χ3v) is 3.75. The first-order chi connectivity index (χ1) is 12.6. The highest BCUT2D eigenvalue weighted by molar-refractivity contribution is 6.31. The number of anilines is 1. The molecule has 134 valence electrons. The summed E-state index contributed by atoms with van der Waals surface area (Å²) in [6.07, 6.45) is 1.69. The molecule has 0 saturated carbocycles. The minimum Gasteiger partial charge on any atom is -0.305 e. The molecule has 0 bridgehead atoms. The molecule has 8 nitrogen and oxygen atoms in total. The van der Waals surface area contributed by atoms with Gasteiger partial charge in [0, 0.05) is 19.3 Å². The molecule has 2 heterocycles. The van der Waals surface area contributed by atoms with E-state index in [1.165, 1.54) is 12.1 Å². The fourth-order valence-electron chi connectivity index (χ4n) is 2.16. The second-order valence-electron chi connectivity index (χ2n) is 5.24. The summed E-state index contributed by atoms with van der Waals surface area (Å²) in [5.74, 6) is -1.01. The Morgan fingerprint density at radius 2 is 2.12 bits per heavy atom. The van der Waals surface area contributed by atoms with Crippen LogP contribution in [0.3, 0.4) is 0 Å². The van der Waals surface area contributed by atoms with Crippen molar-refractivity contribution in [1.82, 2.24) is 20.6 Å². The Labute approximate surface area is 152 Å². The first-order valence-electron chi connectivity index (χ1n) is 7.51. The highest BCUT2D eigenvalue weighted by atomic mass is 35.5. The largest absolute Gasteiger partial charge is 0.305 e. The van der Waals surface area contributed by atoms with Gasteiger partial charge in [0.1, 0.15) is 11.5 Å². The molecule has 3 aromatic rings. The van der Waals surface area contributed by atoms with Gasteiger partial charge in [-0.2, -0.15) is 0 Å². The quantitative estimate of drug-likeness (QED) is 0.344. The summed E-state index contributed by atoms with van der Waals surface area (Å²) in [6, 6.07) is 9.12. The maximum Gasteiger partial charge on any atom is 0.182 e. The van der Waals surface area contributed by atoms with Gasteiger partial charge in [-0.05, 0) is 35.5 Å². The Balaban J connectivity index is 1.68. The van der Waals surface area contributed by atoms with Crippen LogP contribution in [-0.2, 0) is 13.1 Å². The lowest BCUT2D eigenvalue weighted by atomic mass is 10.2. The van der Waals surface area contributed by atoms with Crippen LogP contribution in [0.25, 0.3) is 0 Å². The summed E-state index contributed by atoms with van der Waals surface area (Å²) in [4.78, 5) is 4.18. The van der Waals surface area contributed by atoms with Gasteiger partial charge in [-0.15, -0.1) is 0 Å². The van der Waals surface area contributed by atoms with Crippen LogP contribution >= 0.6 is 11.6 Å². The number of halogens is 2. The lowest BCUT2D eigenvalue weighted by molar-refractivity contribution is 0.297. The number of benzene rings is 1. The number of hydrogen-bond donors (Lipinski definition) is 3. The Bertz CT molecular complexity index is 905. The molecule has 0 spiro atoms. The summed E-state index contributed by atoms with van der Waals surface area (Å²) < 4.78 is 17.9. The molecule has 3 rings (SSSR count). The second-order valence-corrected chi connectivity index (χ2v) is 5.65. The molecule has 2 aromatic heterocycles. The monoisotopic (exact) mass is 376 g/mol. The Hall–Kier alpha value is -2.88. The topological polar surface area (TPSA) is 111 Å². The zero-order chi connectivity index (χ0) is 18.5. The van der Waals surface area contributed by atoms with Crippen molar-refractivity contribution in [3.63, 3.8) is 0 Å². The number of nitrogens with one attached hydrogen (secondary N) is 2. The van der Waals surface area contributed by atoms with E-state index in [0.717, 1.165) is 11.8 Å². The number of nitrogens with zero attached hydrogens (tertiary/aromatic N) is 4. The fraction of sp³-hybridized carbons (Fsp3) is 0.125. The molecule has 0 unspecified atom stereocenters. The predicted octanol–water partition coefficient (Wildman–Crippen LogP) is 2.77. The van der Waals surface area contributed by atoms with E-state index in [9.17, 15) is 9.60 Å². The van der Waals surface area contributed by atoms with Crippen molar-refractivity contribution in [3.05, 3.63) is 70.5 Å². The predicted molar refractivity (Wildman–Crippen MR) is 91.6 cm³/mol. The van der Waals surface area contributed by atoms with Crippen molar-refractivity contribution in [2.45, 2.75) is 13.1 Å². The van der Waals surface area contributed by atoms with E-state index in [1.54, 1.807) is 6.20 Å². The number of pyridine rings is 1. The van der Waals surface area contributed by atoms with Gasteiger partial charge in [-0.1, -0.05) is 22.8 Å². The van der Waals surface area contributed by atoms with Gasteiger partial charge in [-0.25, -0.2) is 14.1 Å². The van der Waals surface area contributed by atoms with Crippen LogP contribution in [0, 0.1) is 11.2 Å². The van der Waals surface area contributed by atoms with E-state index < -0.39 is 5.82 Å². The fourth-order valence-corrected chi connectivity index (χ4v) is 2.33. The van der Waals surface area contributed by atoms with Crippen molar-refractivity contribution in [1.29, 1.82) is 5.41 Å². The minimum absolute atomic E-state index is 0.0430. The van der Waals surface area contributed by atoms with Gasteiger partial charge < -0.3 is 5.32 Å². The van der Waals surface area contributed by atoms with Crippen LogP contribution in [0.4, 0.5) is 10.1 Å². The van der Waals surface area contributed by atoms with Gasteiger partial charge in [0.25, 0.3) is 0 Å². The summed E-state index contributed by atoms with van der Waals surface area (Å²) in [6.45, 7) is 0.729. The third kappa shape index (κ3) is 4.02. The molecule has 0 aliphatic heterocycles. The molecule has 0 aliphatic rings. The molecule has 0 fully saturated rings. The maximum atomic E-state index is 13.2. The molecular formula is C16H14ClFN6O2. The highest BCUT2D eigenvalue weighted by Gasteiger charge is 2.21. The Kier molecular flexibility index (Phi) is 5.52. The number of hydrogen-bond acceptors (Lipinski definition) is 7. The van der Waals surface area contributed by atoms with Crippen LogP contribution in [0.5, 0.6) is 0 Å². The van der Waals surface area contributed by atoms with Gasteiger partial charge in [0.2, 0.25) is 0 Å². The Morgan fingerprint density at radius 3 is 2.85 bits per heavy atom. The molecule has 10 heteroatoms. The van der Waals surface area contributed by atoms with Gasteiger partial charge >= 0.3 is 0 Å². The molecule has 0 radical (unpaired) electrons. The van der Waals surface area contributed by atoms with Crippen molar-refractivity contribution in [3.8, 4) is 0 Å². The zero-order valence-corrected chi connectivity index (χ0v) is 14.1. The third-order valence-electron chi connectivity index (χ3n) is 3.47.